The van der Waals surface area contributed by atoms with Crippen LogP contribution in [0.5, 0.6) is 5.75 Å². The maximum absolute atomic E-state index is 13.0. The Kier molecular flexibility index (Phi) is 9.54. The van der Waals surface area contributed by atoms with Gasteiger partial charge in [-0.25, -0.2) is 4.98 Å². The topological polar surface area (TPSA) is 76.5 Å². The largest absolute Gasteiger partial charge is 0.484 e. The van der Waals surface area contributed by atoms with E-state index in [-0.39, 0.29) is 17.8 Å². The zero-order valence-corrected chi connectivity index (χ0v) is 24.4. The molecule has 41 heavy (non-hydrogen) atoms. The van der Waals surface area contributed by atoms with E-state index in [1.54, 1.807) is 24.3 Å². The fraction of sp³-hybridized carbons (Fsp3) is 0.303. The van der Waals surface area contributed by atoms with Gasteiger partial charge in [0.15, 0.2) is 5.78 Å². The summed E-state index contributed by atoms with van der Waals surface area (Å²) in [6.45, 7) is 1.95. The maximum atomic E-state index is 13.0. The van der Waals surface area contributed by atoms with Gasteiger partial charge in [-0.2, -0.15) is 0 Å². The molecule has 8 heteroatoms. The minimum Gasteiger partial charge on any atom is -0.484 e. The normalized spacial score (nSPS) is 13.6. The van der Waals surface area contributed by atoms with E-state index in [1.807, 2.05) is 84.4 Å². The third-order valence-corrected chi connectivity index (χ3v) is 8.34. The van der Waals surface area contributed by atoms with Gasteiger partial charge in [-0.15, -0.1) is 11.8 Å². The molecule has 0 unspecified atom stereocenters. The highest BCUT2D eigenvalue weighted by atomic mass is 32.2. The van der Waals surface area contributed by atoms with E-state index < -0.39 is 0 Å². The monoisotopic (exact) mass is 568 g/mol. The van der Waals surface area contributed by atoms with Gasteiger partial charge in [0.1, 0.15) is 11.9 Å². The van der Waals surface area contributed by atoms with Crippen molar-refractivity contribution in [1.82, 2.24) is 19.8 Å². The van der Waals surface area contributed by atoms with Crippen LogP contribution < -0.4 is 10.1 Å². The van der Waals surface area contributed by atoms with E-state index >= 15 is 0 Å². The summed E-state index contributed by atoms with van der Waals surface area (Å²) in [5.74, 6) is 1.46. The van der Waals surface area contributed by atoms with Gasteiger partial charge >= 0.3 is 0 Å². The first-order valence-electron chi connectivity index (χ1n) is 14.0. The van der Waals surface area contributed by atoms with Gasteiger partial charge in [0, 0.05) is 53.7 Å². The number of nitrogens with one attached hydrogen (secondary N) is 1. The van der Waals surface area contributed by atoms with Gasteiger partial charge < -0.3 is 19.5 Å². The molecular weight excluding hydrogens is 532 g/mol. The zero-order chi connectivity index (χ0) is 28.6. The number of hydrogen-bond acceptors (Lipinski definition) is 6. The van der Waals surface area contributed by atoms with Crippen LogP contribution in [0.1, 0.15) is 56.4 Å². The summed E-state index contributed by atoms with van der Waals surface area (Å²) < 4.78 is 8.80. The van der Waals surface area contributed by atoms with E-state index in [0.717, 1.165) is 52.3 Å². The predicted molar refractivity (Wildman–Crippen MR) is 163 cm³/mol. The van der Waals surface area contributed by atoms with E-state index in [1.165, 1.54) is 0 Å². The van der Waals surface area contributed by atoms with Gasteiger partial charge in [-0.1, -0.05) is 42.5 Å². The van der Waals surface area contributed by atoms with E-state index in [2.05, 4.69) is 22.4 Å². The lowest BCUT2D eigenvalue weighted by atomic mass is 9.87. The van der Waals surface area contributed by atoms with Crippen LogP contribution in [-0.4, -0.2) is 53.3 Å². The SMILES string of the molecule is CN(C)CCNC(=O)c1ccccc1SCc1c(O[C@H](Cn2ccnc2)c2ccccc2)ccc2c1CCCC2=O. The van der Waals surface area contributed by atoms with Crippen molar-refractivity contribution in [3.05, 3.63) is 113 Å². The summed E-state index contributed by atoms with van der Waals surface area (Å²) in [4.78, 5) is 33.0. The molecule has 7 nitrogen and oxygen atoms in total. The molecular formula is C33H36N4O3S. The number of hydrogen-bond donors (Lipinski definition) is 1. The third kappa shape index (κ3) is 7.26. The first kappa shape index (κ1) is 28.6. The molecule has 5 rings (SSSR count). The Bertz CT molecular complexity index is 1470. The van der Waals surface area contributed by atoms with Crippen LogP contribution in [0.4, 0.5) is 0 Å². The molecule has 0 radical (unpaired) electrons. The number of carbonyl (C=O) groups is 2. The predicted octanol–water partition coefficient (Wildman–Crippen LogP) is 5.81. The second-order valence-electron chi connectivity index (χ2n) is 10.5. The molecule has 1 amide bonds. The highest BCUT2D eigenvalue weighted by molar-refractivity contribution is 7.98. The smallest absolute Gasteiger partial charge is 0.252 e. The van der Waals surface area contributed by atoms with E-state index in [9.17, 15) is 9.59 Å². The number of carbonyl (C=O) groups excluding carboxylic acids is 2. The van der Waals surface area contributed by atoms with Crippen LogP contribution in [0.25, 0.3) is 0 Å². The molecule has 0 fully saturated rings. The molecule has 1 aliphatic rings. The first-order valence-corrected chi connectivity index (χ1v) is 15.0. The Labute approximate surface area is 245 Å². The lowest BCUT2D eigenvalue weighted by molar-refractivity contribution is 0.0945. The van der Waals surface area contributed by atoms with E-state index in [0.29, 0.717) is 30.8 Å². The van der Waals surface area contributed by atoms with Gasteiger partial charge in [0.05, 0.1) is 18.4 Å². The molecule has 0 saturated heterocycles. The number of amides is 1. The van der Waals surface area contributed by atoms with Crippen LogP contribution in [0.3, 0.4) is 0 Å². The number of imidazole rings is 1. The van der Waals surface area contributed by atoms with Crippen LogP contribution in [-0.2, 0) is 18.7 Å². The first-order chi connectivity index (χ1) is 20.0. The second kappa shape index (κ2) is 13.7. The Hall–Kier alpha value is -3.88. The highest BCUT2D eigenvalue weighted by Gasteiger charge is 2.25. The third-order valence-electron chi connectivity index (χ3n) is 7.24. The number of nitrogens with zero attached hydrogens (tertiary/aromatic N) is 3. The molecule has 1 heterocycles. The fourth-order valence-corrected chi connectivity index (χ4v) is 6.19. The molecule has 1 aromatic heterocycles. The lowest BCUT2D eigenvalue weighted by Gasteiger charge is -2.26. The average molecular weight is 569 g/mol. The standard InChI is InChI=1S/C33H36N4O3S/c1-36(2)19-18-35-33(39)27-11-6-7-14-32(27)41-22-28-25-12-8-13-29(38)26(25)15-16-30(28)40-31(21-37-20-17-34-23-37)24-9-4-3-5-10-24/h3-7,9-11,14-17,20,23,31H,8,12-13,18-19,21-22H2,1-2H3,(H,35,39)/t31-/m1/s1. The van der Waals surface area contributed by atoms with E-state index in [4.69, 9.17) is 4.74 Å². The number of Topliss-reactive ketones (excluding diaryl/α,β-unsaturated/α-hetero) is 1. The molecule has 0 aliphatic heterocycles. The van der Waals surface area contributed by atoms with Crippen molar-refractivity contribution in [2.24, 2.45) is 0 Å². The number of benzene rings is 3. The summed E-state index contributed by atoms with van der Waals surface area (Å²) in [5.41, 5.74) is 4.60. The van der Waals surface area contributed by atoms with Crippen LogP contribution in [0, 0.1) is 0 Å². The maximum Gasteiger partial charge on any atom is 0.252 e. The summed E-state index contributed by atoms with van der Waals surface area (Å²) in [6, 6.07) is 21.7. The number of ether oxygens (including phenoxy) is 1. The van der Waals surface area contributed by atoms with Gasteiger partial charge in [0.2, 0.25) is 0 Å². The zero-order valence-electron chi connectivity index (χ0n) is 23.6. The van der Waals surface area contributed by atoms with Crippen molar-refractivity contribution in [3.63, 3.8) is 0 Å². The average Bonchev–Trinajstić information content (AvgIpc) is 3.50. The van der Waals surface area contributed by atoms with Crippen molar-refractivity contribution < 1.29 is 14.3 Å². The molecule has 0 saturated carbocycles. The van der Waals surface area contributed by atoms with Crippen molar-refractivity contribution >= 4 is 23.5 Å². The fourth-order valence-electron chi connectivity index (χ4n) is 5.08. The number of aromatic nitrogens is 2. The molecule has 4 aromatic rings. The Morgan fingerprint density at radius 1 is 1.07 bits per heavy atom. The minimum absolute atomic E-state index is 0.0823. The van der Waals surface area contributed by atoms with Crippen molar-refractivity contribution in [2.75, 3.05) is 27.2 Å². The summed E-state index contributed by atoms with van der Waals surface area (Å²) >= 11 is 1.61. The van der Waals surface area contributed by atoms with Gasteiger partial charge in [-0.05, 0) is 62.3 Å². The molecule has 0 spiro atoms. The molecule has 1 N–H and O–H groups in total. The molecule has 212 valence electrons. The quantitative estimate of drug-likeness (QED) is 0.218. The second-order valence-corrected chi connectivity index (χ2v) is 11.5. The Morgan fingerprint density at radius 2 is 1.88 bits per heavy atom. The number of likely N-dealkylation sites (N-methyl/N-ethyl adjacent to an activating group) is 1. The van der Waals surface area contributed by atoms with Crippen molar-refractivity contribution in [3.8, 4) is 5.75 Å². The minimum atomic E-state index is -0.249. The highest BCUT2D eigenvalue weighted by Crippen LogP contribution is 2.38. The molecule has 3 aromatic carbocycles. The number of ketones is 1. The van der Waals surface area contributed by atoms with Crippen molar-refractivity contribution in [2.45, 2.75) is 42.6 Å². The van der Waals surface area contributed by atoms with Gasteiger partial charge in [0.25, 0.3) is 5.91 Å². The van der Waals surface area contributed by atoms with Crippen LogP contribution in [0.2, 0.25) is 0 Å². The number of thioether (sulfide) groups is 1. The van der Waals surface area contributed by atoms with Crippen molar-refractivity contribution in [1.29, 1.82) is 0 Å². The Morgan fingerprint density at radius 3 is 2.66 bits per heavy atom. The summed E-state index contributed by atoms with van der Waals surface area (Å²) in [7, 11) is 3.97. The Balaban J connectivity index is 1.44. The molecule has 1 aliphatic carbocycles. The summed E-state index contributed by atoms with van der Waals surface area (Å²) in [5, 5.41) is 3.03. The number of fused-ring (bicyclic) bond motifs is 1. The lowest BCUT2D eigenvalue weighted by Crippen LogP contribution is -2.31. The molecule has 1 atom stereocenters. The number of rotatable bonds is 12. The van der Waals surface area contributed by atoms with Gasteiger partial charge in [-0.3, -0.25) is 9.59 Å². The molecule has 0 bridgehead atoms. The van der Waals surface area contributed by atoms with Crippen LogP contribution >= 0.6 is 11.8 Å². The van der Waals surface area contributed by atoms with Crippen LogP contribution in [0.15, 0.2) is 90.3 Å². The summed E-state index contributed by atoms with van der Waals surface area (Å²) in [6.07, 6.45) is 7.48.